The smallest absolute Gasteiger partial charge is 0.315 e. The first kappa shape index (κ1) is 16.9. The number of fused-ring (bicyclic) bond motifs is 2. The Morgan fingerprint density at radius 2 is 1.93 bits per heavy atom. The summed E-state index contributed by atoms with van der Waals surface area (Å²) in [5, 5.41) is 17.7. The van der Waals surface area contributed by atoms with Crippen LogP contribution < -0.4 is 15.5 Å². The Kier molecular flexibility index (Phi) is 3.18. The van der Waals surface area contributed by atoms with Gasteiger partial charge in [0, 0.05) is 25.7 Å². The van der Waals surface area contributed by atoms with Gasteiger partial charge in [0.05, 0.1) is 11.3 Å². The molecule has 0 radical (unpaired) electrons. The highest BCUT2D eigenvalue weighted by molar-refractivity contribution is 5.74. The molecule has 2 amide bonds. The molecule has 6 fully saturated rings. The molecule has 1 aromatic rings. The third kappa shape index (κ3) is 1.97. The summed E-state index contributed by atoms with van der Waals surface area (Å²) in [4.78, 5) is 14.6. The van der Waals surface area contributed by atoms with E-state index in [0.717, 1.165) is 42.6 Å². The van der Waals surface area contributed by atoms with Gasteiger partial charge < -0.3 is 20.6 Å². The number of rotatable bonds is 4. The molecule has 0 aromatic heterocycles. The molecular formula is C23H28FN3O2. The van der Waals surface area contributed by atoms with Crippen molar-refractivity contribution < 1.29 is 14.3 Å². The summed E-state index contributed by atoms with van der Waals surface area (Å²) in [6.45, 7) is 1.73. The van der Waals surface area contributed by atoms with E-state index in [0.29, 0.717) is 36.5 Å². The topological polar surface area (TPSA) is 64.6 Å². The van der Waals surface area contributed by atoms with Gasteiger partial charge in [-0.2, -0.15) is 0 Å². The van der Waals surface area contributed by atoms with E-state index >= 15 is 0 Å². The number of carbonyl (C=O) groups excluding carboxylic acids is 1. The highest BCUT2D eigenvalue weighted by atomic mass is 19.1. The first-order valence-corrected chi connectivity index (χ1v) is 11.3. The van der Waals surface area contributed by atoms with Crippen molar-refractivity contribution in [3.05, 3.63) is 30.1 Å². The van der Waals surface area contributed by atoms with E-state index in [1.807, 2.05) is 11.0 Å². The van der Waals surface area contributed by atoms with Crippen LogP contribution in [-0.2, 0) is 0 Å². The van der Waals surface area contributed by atoms with Crippen molar-refractivity contribution in [1.29, 1.82) is 0 Å². The van der Waals surface area contributed by atoms with Gasteiger partial charge in [0.25, 0.3) is 0 Å². The lowest BCUT2D eigenvalue weighted by molar-refractivity contribution is -0.126. The number of nitrogens with zero attached hydrogens (tertiary/aromatic N) is 1. The Morgan fingerprint density at radius 3 is 2.79 bits per heavy atom. The summed E-state index contributed by atoms with van der Waals surface area (Å²) in [6, 6.07) is 6.59. The fourth-order valence-corrected chi connectivity index (χ4v) is 9.22. The maximum Gasteiger partial charge on any atom is 0.315 e. The summed E-state index contributed by atoms with van der Waals surface area (Å²) in [5.74, 6) is 5.30. The van der Waals surface area contributed by atoms with Crippen LogP contribution in [0.4, 0.5) is 14.9 Å². The zero-order valence-electron chi connectivity index (χ0n) is 16.4. The Labute approximate surface area is 170 Å². The van der Waals surface area contributed by atoms with Crippen molar-refractivity contribution in [3.8, 4) is 0 Å². The van der Waals surface area contributed by atoms with Gasteiger partial charge in [-0.3, -0.25) is 0 Å². The average Bonchev–Trinajstić information content (AvgIpc) is 3.37. The number of halogens is 1. The second kappa shape index (κ2) is 5.45. The third-order valence-corrected chi connectivity index (χ3v) is 9.77. The molecule has 0 spiro atoms. The summed E-state index contributed by atoms with van der Waals surface area (Å²) >= 11 is 0. The zero-order valence-corrected chi connectivity index (χ0v) is 16.4. The number of para-hydroxylation sites is 1. The lowest BCUT2D eigenvalue weighted by Gasteiger charge is -2.51. The van der Waals surface area contributed by atoms with Crippen LogP contribution >= 0.6 is 0 Å². The Morgan fingerprint density at radius 1 is 1.14 bits per heavy atom. The molecule has 5 saturated carbocycles. The molecular weight excluding hydrogens is 369 g/mol. The van der Waals surface area contributed by atoms with Crippen LogP contribution in [-0.4, -0.2) is 42.4 Å². The number of aliphatic hydroxyl groups is 1. The van der Waals surface area contributed by atoms with Crippen LogP contribution in [0.5, 0.6) is 0 Å². The van der Waals surface area contributed by atoms with Gasteiger partial charge in [-0.05, 0) is 78.7 Å². The van der Waals surface area contributed by atoms with Crippen LogP contribution in [0.25, 0.3) is 0 Å². The van der Waals surface area contributed by atoms with Gasteiger partial charge >= 0.3 is 6.03 Å². The molecule has 1 aliphatic heterocycles. The molecule has 5 aliphatic carbocycles. The highest BCUT2D eigenvalue weighted by Gasteiger charge is 2.84. The second-order valence-electron chi connectivity index (χ2n) is 10.5. The maximum atomic E-state index is 14.0. The normalized spacial score (nSPS) is 49.7. The minimum absolute atomic E-state index is 0.00125. The highest BCUT2D eigenvalue weighted by Crippen LogP contribution is 2.85. The second-order valence-corrected chi connectivity index (χ2v) is 10.5. The van der Waals surface area contributed by atoms with Crippen molar-refractivity contribution in [1.82, 2.24) is 10.6 Å². The number of carbonyl (C=O) groups is 1. The minimum atomic E-state index is -0.684. The molecule has 6 heteroatoms. The number of benzene rings is 1. The largest absolute Gasteiger partial charge is 0.387 e. The van der Waals surface area contributed by atoms with Gasteiger partial charge in [-0.25, -0.2) is 9.18 Å². The van der Waals surface area contributed by atoms with E-state index in [2.05, 4.69) is 10.6 Å². The maximum absolute atomic E-state index is 14.0. The molecule has 154 valence electrons. The monoisotopic (exact) mass is 397 g/mol. The molecule has 10 atom stereocenters. The van der Waals surface area contributed by atoms with Crippen LogP contribution in [0, 0.1) is 53.2 Å². The van der Waals surface area contributed by atoms with E-state index in [1.54, 1.807) is 12.1 Å². The van der Waals surface area contributed by atoms with Crippen LogP contribution in [0.15, 0.2) is 24.3 Å². The fraction of sp³-hybridized carbons (Fsp3) is 0.696. The summed E-state index contributed by atoms with van der Waals surface area (Å²) in [6.07, 6.45) is 3.47. The standard InChI is InChI=1S/C23H28FN3O2/c24-16-3-1-2-4-17(16)27-6-5-11(9-27)26-22(28)25-10-23(29)20-13-8-14-18-12(13)7-15(20)19(18)21(14)23/h1-4,11-15,18-21,29H,5-10H2,(H2,25,26,28). The summed E-state index contributed by atoms with van der Waals surface area (Å²) < 4.78 is 14.0. The molecule has 7 rings (SSSR count). The predicted octanol–water partition coefficient (Wildman–Crippen LogP) is 2.21. The zero-order chi connectivity index (χ0) is 19.5. The van der Waals surface area contributed by atoms with E-state index in [-0.39, 0.29) is 17.9 Å². The van der Waals surface area contributed by atoms with Gasteiger partial charge in [0.15, 0.2) is 0 Å². The molecule has 1 aromatic carbocycles. The molecule has 29 heavy (non-hydrogen) atoms. The average molecular weight is 397 g/mol. The van der Waals surface area contributed by atoms with Crippen molar-refractivity contribution in [3.63, 3.8) is 0 Å². The van der Waals surface area contributed by atoms with E-state index in [4.69, 9.17) is 0 Å². The number of nitrogens with one attached hydrogen (secondary N) is 2. The van der Waals surface area contributed by atoms with Gasteiger partial charge in [-0.1, -0.05) is 12.1 Å². The number of hydrogen-bond acceptors (Lipinski definition) is 3. The Bertz CT molecular complexity index is 889. The molecule has 10 unspecified atom stereocenters. The summed E-state index contributed by atoms with van der Waals surface area (Å²) in [7, 11) is 0. The van der Waals surface area contributed by atoms with Crippen molar-refractivity contribution in [2.45, 2.75) is 30.9 Å². The van der Waals surface area contributed by atoms with Crippen molar-refractivity contribution in [2.75, 3.05) is 24.5 Å². The van der Waals surface area contributed by atoms with Gasteiger partial charge in [0.1, 0.15) is 5.82 Å². The molecule has 2 bridgehead atoms. The Balaban J connectivity index is 0.983. The number of amides is 2. The van der Waals surface area contributed by atoms with E-state index in [1.165, 1.54) is 18.9 Å². The van der Waals surface area contributed by atoms with Gasteiger partial charge in [0.2, 0.25) is 0 Å². The van der Waals surface area contributed by atoms with E-state index in [9.17, 15) is 14.3 Å². The predicted molar refractivity (Wildman–Crippen MR) is 106 cm³/mol. The third-order valence-electron chi connectivity index (χ3n) is 9.77. The number of urea groups is 1. The summed E-state index contributed by atoms with van der Waals surface area (Å²) in [5.41, 5.74) is -0.0841. The quantitative estimate of drug-likeness (QED) is 0.730. The fourth-order valence-electron chi connectivity index (χ4n) is 9.22. The van der Waals surface area contributed by atoms with Crippen molar-refractivity contribution in [2.24, 2.45) is 47.3 Å². The number of hydrogen-bond donors (Lipinski definition) is 3. The minimum Gasteiger partial charge on any atom is -0.387 e. The first-order valence-electron chi connectivity index (χ1n) is 11.3. The van der Waals surface area contributed by atoms with Crippen LogP contribution in [0.2, 0.25) is 0 Å². The number of anilines is 1. The lowest BCUT2D eigenvalue weighted by atomic mass is 9.56. The molecule has 6 aliphatic rings. The molecule has 3 N–H and O–H groups in total. The van der Waals surface area contributed by atoms with Crippen LogP contribution in [0.1, 0.15) is 19.3 Å². The first-order chi connectivity index (χ1) is 14.1. The molecule has 5 nitrogen and oxygen atoms in total. The van der Waals surface area contributed by atoms with Crippen molar-refractivity contribution >= 4 is 11.7 Å². The Hall–Kier alpha value is -1.82. The van der Waals surface area contributed by atoms with Crippen LogP contribution in [0.3, 0.4) is 0 Å². The molecule has 1 saturated heterocycles. The van der Waals surface area contributed by atoms with E-state index < -0.39 is 5.60 Å². The SMILES string of the molecule is O=C(NCC1(O)C2C3CC4C5C3CC2C5C41)NC1CCN(c2ccccc2F)C1. The lowest BCUT2D eigenvalue weighted by Crippen LogP contribution is -2.60. The van der Waals surface area contributed by atoms with Gasteiger partial charge in [-0.15, -0.1) is 0 Å². The molecule has 1 heterocycles.